The number of amides is 1. The summed E-state index contributed by atoms with van der Waals surface area (Å²) in [5, 5.41) is 3.21. The predicted octanol–water partition coefficient (Wildman–Crippen LogP) is 3.58. The summed E-state index contributed by atoms with van der Waals surface area (Å²) in [4.78, 5) is 37.4. The van der Waals surface area contributed by atoms with Crippen LogP contribution in [0.25, 0.3) is 0 Å². The Kier molecular flexibility index (Phi) is 6.92. The highest BCUT2D eigenvalue weighted by molar-refractivity contribution is 6.30. The molecular formula is C20H20ClNO4. The van der Waals surface area contributed by atoms with Crippen LogP contribution < -0.4 is 5.32 Å². The molecule has 0 saturated carbocycles. The van der Waals surface area contributed by atoms with E-state index in [2.05, 4.69) is 5.32 Å². The van der Waals surface area contributed by atoms with Gasteiger partial charge in [-0.15, -0.1) is 0 Å². The van der Waals surface area contributed by atoms with Gasteiger partial charge in [0.2, 0.25) is 5.91 Å². The lowest BCUT2D eigenvalue weighted by molar-refractivity contribution is -0.147. The number of ether oxygens (including phenoxy) is 1. The fourth-order valence-corrected chi connectivity index (χ4v) is 2.78. The summed E-state index contributed by atoms with van der Waals surface area (Å²) in [6, 6.07) is 14.2. The van der Waals surface area contributed by atoms with E-state index < -0.39 is 23.7 Å². The van der Waals surface area contributed by atoms with Crippen molar-refractivity contribution in [3.8, 4) is 0 Å². The van der Waals surface area contributed by atoms with Gasteiger partial charge in [0.05, 0.1) is 12.6 Å². The maximum atomic E-state index is 13.0. The van der Waals surface area contributed by atoms with Crippen molar-refractivity contribution in [2.24, 2.45) is 5.92 Å². The van der Waals surface area contributed by atoms with Crippen molar-refractivity contribution in [2.75, 3.05) is 6.61 Å². The van der Waals surface area contributed by atoms with Crippen LogP contribution in [0.2, 0.25) is 5.02 Å². The van der Waals surface area contributed by atoms with Gasteiger partial charge in [0, 0.05) is 17.5 Å². The second-order valence-corrected chi connectivity index (χ2v) is 6.13. The highest BCUT2D eigenvalue weighted by atomic mass is 35.5. The minimum atomic E-state index is -1.21. The third kappa shape index (κ3) is 4.92. The molecule has 0 aliphatic heterocycles. The Morgan fingerprint density at radius 3 is 2.19 bits per heavy atom. The number of esters is 1. The summed E-state index contributed by atoms with van der Waals surface area (Å²) in [5.41, 5.74) is 0.960. The third-order valence-corrected chi connectivity index (χ3v) is 4.05. The number of halogens is 1. The lowest BCUT2D eigenvalue weighted by Crippen LogP contribution is -2.40. The number of Topliss-reactive ketones (excluding diaryl/α,β-unsaturated/α-hetero) is 1. The fraction of sp³-hybridized carbons (Fsp3) is 0.250. The molecule has 26 heavy (non-hydrogen) atoms. The van der Waals surface area contributed by atoms with E-state index in [9.17, 15) is 14.4 Å². The molecule has 2 aromatic rings. The van der Waals surface area contributed by atoms with Crippen LogP contribution in [-0.4, -0.2) is 24.3 Å². The first-order valence-electron chi connectivity index (χ1n) is 8.22. The minimum Gasteiger partial charge on any atom is -0.465 e. The summed E-state index contributed by atoms with van der Waals surface area (Å²) in [5.74, 6) is -2.67. The quantitative estimate of drug-likeness (QED) is 0.457. The van der Waals surface area contributed by atoms with Gasteiger partial charge in [0.1, 0.15) is 5.92 Å². The molecule has 2 aromatic carbocycles. The van der Waals surface area contributed by atoms with Crippen LogP contribution in [0.5, 0.6) is 0 Å². The summed E-state index contributed by atoms with van der Waals surface area (Å²) in [6.45, 7) is 3.13. The molecule has 0 radical (unpaired) electrons. The van der Waals surface area contributed by atoms with Crippen LogP contribution in [0.15, 0.2) is 54.6 Å². The molecule has 6 heteroatoms. The van der Waals surface area contributed by atoms with E-state index in [1.165, 1.54) is 6.92 Å². The molecule has 5 nitrogen and oxygen atoms in total. The molecule has 2 rings (SSSR count). The Bertz CT molecular complexity index is 774. The third-order valence-electron chi connectivity index (χ3n) is 3.80. The Hall–Kier alpha value is -2.66. The van der Waals surface area contributed by atoms with Crippen molar-refractivity contribution in [2.45, 2.75) is 19.9 Å². The van der Waals surface area contributed by atoms with Crippen molar-refractivity contribution < 1.29 is 19.1 Å². The van der Waals surface area contributed by atoms with Gasteiger partial charge in [-0.25, -0.2) is 0 Å². The zero-order valence-corrected chi connectivity index (χ0v) is 15.3. The summed E-state index contributed by atoms with van der Waals surface area (Å²) in [6.07, 6.45) is 0. The van der Waals surface area contributed by atoms with E-state index in [1.54, 1.807) is 61.5 Å². The van der Waals surface area contributed by atoms with E-state index in [-0.39, 0.29) is 12.5 Å². The number of ketones is 1. The predicted molar refractivity (Wildman–Crippen MR) is 98.9 cm³/mol. The highest BCUT2D eigenvalue weighted by Gasteiger charge is 2.38. The lowest BCUT2D eigenvalue weighted by Gasteiger charge is -2.26. The molecule has 2 unspecified atom stereocenters. The average Bonchev–Trinajstić information content (AvgIpc) is 2.62. The number of rotatable bonds is 7. The largest absolute Gasteiger partial charge is 0.465 e. The number of carbonyl (C=O) groups excluding carboxylic acids is 3. The van der Waals surface area contributed by atoms with E-state index in [1.807, 2.05) is 0 Å². The van der Waals surface area contributed by atoms with Gasteiger partial charge in [-0.3, -0.25) is 14.4 Å². The zero-order valence-electron chi connectivity index (χ0n) is 14.6. The van der Waals surface area contributed by atoms with Crippen LogP contribution in [0, 0.1) is 5.92 Å². The molecule has 0 aliphatic rings. The van der Waals surface area contributed by atoms with Crippen LogP contribution in [-0.2, 0) is 14.3 Å². The molecule has 0 aliphatic carbocycles. The molecular weight excluding hydrogens is 354 g/mol. The van der Waals surface area contributed by atoms with Crippen molar-refractivity contribution in [3.63, 3.8) is 0 Å². The van der Waals surface area contributed by atoms with E-state index in [4.69, 9.17) is 16.3 Å². The fourth-order valence-electron chi connectivity index (χ4n) is 2.66. The number of hydrogen-bond acceptors (Lipinski definition) is 4. The minimum absolute atomic E-state index is 0.130. The van der Waals surface area contributed by atoms with E-state index in [0.29, 0.717) is 16.1 Å². The van der Waals surface area contributed by atoms with E-state index >= 15 is 0 Å². The molecule has 0 saturated heterocycles. The first-order chi connectivity index (χ1) is 12.4. The second-order valence-electron chi connectivity index (χ2n) is 5.69. The van der Waals surface area contributed by atoms with Crippen molar-refractivity contribution in [1.82, 2.24) is 5.32 Å². The Labute approximate surface area is 157 Å². The first-order valence-corrected chi connectivity index (χ1v) is 8.60. The zero-order chi connectivity index (χ0) is 19.1. The second kappa shape index (κ2) is 9.15. The molecule has 1 amide bonds. The normalized spacial score (nSPS) is 12.7. The van der Waals surface area contributed by atoms with Crippen molar-refractivity contribution >= 4 is 29.3 Å². The van der Waals surface area contributed by atoms with Crippen LogP contribution >= 0.6 is 11.6 Å². The van der Waals surface area contributed by atoms with Crippen LogP contribution in [0.4, 0.5) is 0 Å². The van der Waals surface area contributed by atoms with Crippen LogP contribution in [0.3, 0.4) is 0 Å². The van der Waals surface area contributed by atoms with Gasteiger partial charge in [-0.05, 0) is 24.6 Å². The summed E-state index contributed by atoms with van der Waals surface area (Å²) in [7, 11) is 0. The first kappa shape index (κ1) is 19.7. The van der Waals surface area contributed by atoms with Crippen molar-refractivity contribution in [3.05, 3.63) is 70.7 Å². The Morgan fingerprint density at radius 2 is 1.65 bits per heavy atom. The SMILES string of the molecule is CCOC(=O)C(C(=O)c1ccccc1)C(NC(C)=O)c1ccc(Cl)cc1. The molecule has 0 spiro atoms. The number of benzene rings is 2. The van der Waals surface area contributed by atoms with Crippen molar-refractivity contribution in [1.29, 1.82) is 0 Å². The molecule has 0 bridgehead atoms. The molecule has 0 heterocycles. The summed E-state index contributed by atoms with van der Waals surface area (Å²) >= 11 is 5.93. The highest BCUT2D eigenvalue weighted by Crippen LogP contribution is 2.28. The maximum Gasteiger partial charge on any atom is 0.319 e. The summed E-state index contributed by atoms with van der Waals surface area (Å²) < 4.78 is 5.12. The van der Waals surface area contributed by atoms with E-state index in [0.717, 1.165) is 0 Å². The maximum absolute atomic E-state index is 13.0. The number of nitrogens with one attached hydrogen (secondary N) is 1. The smallest absolute Gasteiger partial charge is 0.319 e. The molecule has 1 N–H and O–H groups in total. The molecule has 0 aromatic heterocycles. The molecule has 136 valence electrons. The van der Waals surface area contributed by atoms with Gasteiger partial charge in [0.15, 0.2) is 5.78 Å². The van der Waals surface area contributed by atoms with Crippen LogP contribution in [0.1, 0.15) is 35.8 Å². The molecule has 0 fully saturated rings. The Balaban J connectivity index is 2.50. The standard InChI is InChI=1S/C20H20ClNO4/c1-3-26-20(25)17(19(24)15-7-5-4-6-8-15)18(22-13(2)23)14-9-11-16(21)12-10-14/h4-12,17-18H,3H2,1-2H3,(H,22,23). The van der Waals surface area contributed by atoms with Gasteiger partial charge in [0.25, 0.3) is 0 Å². The average molecular weight is 374 g/mol. The van der Waals surface area contributed by atoms with Gasteiger partial charge < -0.3 is 10.1 Å². The van der Waals surface area contributed by atoms with Gasteiger partial charge in [-0.2, -0.15) is 0 Å². The number of carbonyl (C=O) groups is 3. The van der Waals surface area contributed by atoms with Gasteiger partial charge >= 0.3 is 5.97 Å². The monoisotopic (exact) mass is 373 g/mol. The topological polar surface area (TPSA) is 72.5 Å². The van der Waals surface area contributed by atoms with Gasteiger partial charge in [-0.1, -0.05) is 54.1 Å². The Morgan fingerprint density at radius 1 is 1.04 bits per heavy atom. The number of hydrogen-bond donors (Lipinski definition) is 1. The lowest BCUT2D eigenvalue weighted by atomic mass is 9.86. The molecule has 2 atom stereocenters.